The summed E-state index contributed by atoms with van der Waals surface area (Å²) in [6, 6.07) is 5.72. The number of fused-ring (bicyclic) bond motifs is 1. The molecule has 0 aliphatic heterocycles. The fraction of sp³-hybridized carbons (Fsp3) is 0.375. The van der Waals surface area contributed by atoms with Crippen LogP contribution in [0.25, 0.3) is 22.3 Å². The predicted molar refractivity (Wildman–Crippen MR) is 96.0 cm³/mol. The lowest BCUT2D eigenvalue weighted by Crippen LogP contribution is -2.22. The molecule has 0 saturated heterocycles. The highest BCUT2D eigenvalue weighted by Gasteiger charge is 2.18. The number of aromatic nitrogens is 3. The van der Waals surface area contributed by atoms with Gasteiger partial charge in [0.05, 0.1) is 10.4 Å². The maximum absolute atomic E-state index is 11.1. The summed E-state index contributed by atoms with van der Waals surface area (Å²) in [7, 11) is -1.16. The molecular weight excluding hydrogens is 340 g/mol. The van der Waals surface area contributed by atoms with E-state index in [0.717, 1.165) is 11.6 Å². The van der Waals surface area contributed by atoms with Crippen molar-refractivity contribution < 1.29 is 14.1 Å². The average Bonchev–Trinajstić information content (AvgIpc) is 3.17. The Morgan fingerprint density at radius 1 is 1.36 bits per heavy atom. The second-order valence-corrected chi connectivity index (χ2v) is 12.6. The number of benzene rings is 1. The molecule has 0 atom stereocenters. The van der Waals surface area contributed by atoms with Gasteiger partial charge in [0.2, 0.25) is 0 Å². The SMILES string of the molecule is C[Si](C)(C)CCOCn1nc(-c2cocn2)c2cc([N+](=O)[O-])ccc21. The van der Waals surface area contributed by atoms with E-state index < -0.39 is 13.0 Å². The first kappa shape index (κ1) is 17.3. The Labute approximate surface area is 145 Å². The van der Waals surface area contributed by atoms with Gasteiger partial charge in [0.15, 0.2) is 6.39 Å². The van der Waals surface area contributed by atoms with Crippen LogP contribution >= 0.6 is 0 Å². The number of oxazole rings is 1. The van der Waals surface area contributed by atoms with E-state index >= 15 is 0 Å². The van der Waals surface area contributed by atoms with Crippen molar-refractivity contribution in [3.63, 3.8) is 0 Å². The summed E-state index contributed by atoms with van der Waals surface area (Å²) in [6.45, 7) is 7.84. The molecule has 0 unspecified atom stereocenters. The zero-order valence-electron chi connectivity index (χ0n) is 14.4. The van der Waals surface area contributed by atoms with Gasteiger partial charge in [-0.05, 0) is 12.1 Å². The summed E-state index contributed by atoms with van der Waals surface area (Å²) in [6.07, 6.45) is 2.78. The van der Waals surface area contributed by atoms with Crippen LogP contribution in [0, 0.1) is 10.1 Å². The lowest BCUT2D eigenvalue weighted by atomic mass is 10.1. The lowest BCUT2D eigenvalue weighted by Gasteiger charge is -2.15. The molecule has 2 aromatic heterocycles. The van der Waals surface area contributed by atoms with E-state index in [2.05, 4.69) is 29.7 Å². The summed E-state index contributed by atoms with van der Waals surface area (Å²) in [4.78, 5) is 14.8. The van der Waals surface area contributed by atoms with Crippen LogP contribution in [-0.4, -0.2) is 34.4 Å². The lowest BCUT2D eigenvalue weighted by molar-refractivity contribution is -0.384. The molecule has 0 aliphatic rings. The molecule has 0 aliphatic carbocycles. The molecule has 0 fully saturated rings. The van der Waals surface area contributed by atoms with Gasteiger partial charge in [0, 0.05) is 32.2 Å². The van der Waals surface area contributed by atoms with Gasteiger partial charge < -0.3 is 9.15 Å². The first-order valence-corrected chi connectivity index (χ1v) is 11.7. The summed E-state index contributed by atoms with van der Waals surface area (Å²) >= 11 is 0. The fourth-order valence-electron chi connectivity index (χ4n) is 2.43. The van der Waals surface area contributed by atoms with Crippen molar-refractivity contribution in [2.24, 2.45) is 0 Å². The van der Waals surface area contributed by atoms with E-state index in [9.17, 15) is 10.1 Å². The Balaban J connectivity index is 1.92. The summed E-state index contributed by atoms with van der Waals surface area (Å²) in [5.41, 5.74) is 1.85. The molecule has 0 N–H and O–H groups in total. The molecule has 0 radical (unpaired) electrons. The van der Waals surface area contributed by atoms with Crippen LogP contribution in [0.3, 0.4) is 0 Å². The van der Waals surface area contributed by atoms with E-state index in [1.165, 1.54) is 24.8 Å². The molecule has 0 saturated carbocycles. The molecule has 3 aromatic rings. The zero-order chi connectivity index (χ0) is 18.0. The molecule has 25 heavy (non-hydrogen) atoms. The average molecular weight is 360 g/mol. The first-order valence-electron chi connectivity index (χ1n) is 7.96. The standard InChI is InChI=1S/C16H20N4O4Si/c1-25(2,3)7-6-23-11-19-15-5-4-12(20(21)22)8-13(15)16(18-19)14-9-24-10-17-14/h4-5,8-10H,6-7,11H2,1-3H3. The number of rotatable bonds is 7. The minimum Gasteiger partial charge on any atom is -0.451 e. The highest BCUT2D eigenvalue weighted by atomic mass is 28.3. The smallest absolute Gasteiger partial charge is 0.270 e. The molecule has 9 heteroatoms. The molecule has 132 valence electrons. The number of nitro groups is 1. The Hall–Kier alpha value is -2.52. The molecule has 2 heterocycles. The van der Waals surface area contributed by atoms with Crippen LogP contribution in [-0.2, 0) is 11.5 Å². The monoisotopic (exact) mass is 360 g/mol. The van der Waals surface area contributed by atoms with Gasteiger partial charge in [0.25, 0.3) is 5.69 Å². The third kappa shape index (κ3) is 3.94. The fourth-order valence-corrected chi connectivity index (χ4v) is 3.18. The number of hydrogen-bond acceptors (Lipinski definition) is 6. The van der Waals surface area contributed by atoms with Crippen LogP contribution in [0.1, 0.15) is 0 Å². The maximum Gasteiger partial charge on any atom is 0.270 e. The van der Waals surface area contributed by atoms with Crippen LogP contribution in [0.2, 0.25) is 25.7 Å². The minimum atomic E-state index is -1.16. The van der Waals surface area contributed by atoms with E-state index in [1.54, 1.807) is 10.7 Å². The van der Waals surface area contributed by atoms with Gasteiger partial charge in [-0.25, -0.2) is 9.67 Å². The Morgan fingerprint density at radius 3 is 2.80 bits per heavy atom. The van der Waals surface area contributed by atoms with Crippen LogP contribution in [0.5, 0.6) is 0 Å². The van der Waals surface area contributed by atoms with E-state index in [4.69, 9.17) is 9.15 Å². The Bertz CT molecular complexity index is 884. The maximum atomic E-state index is 11.1. The van der Waals surface area contributed by atoms with Crippen LogP contribution in [0.4, 0.5) is 5.69 Å². The summed E-state index contributed by atoms with van der Waals surface area (Å²) in [5.74, 6) is 0. The Kier molecular flexibility index (Phi) is 4.68. The van der Waals surface area contributed by atoms with E-state index in [0.29, 0.717) is 23.4 Å². The second-order valence-electron chi connectivity index (χ2n) is 7.03. The molecule has 0 amide bonds. The molecular formula is C16H20N4O4Si. The second kappa shape index (κ2) is 6.77. The van der Waals surface area contributed by atoms with Gasteiger partial charge in [-0.2, -0.15) is 5.10 Å². The number of nitrogens with zero attached hydrogens (tertiary/aromatic N) is 4. The number of nitro benzene ring substituents is 1. The van der Waals surface area contributed by atoms with Gasteiger partial charge in [-0.1, -0.05) is 19.6 Å². The topological polar surface area (TPSA) is 96.2 Å². The Morgan fingerprint density at radius 2 is 2.16 bits per heavy atom. The molecule has 0 bridgehead atoms. The van der Waals surface area contributed by atoms with Crippen molar-refractivity contribution in [2.75, 3.05) is 6.61 Å². The van der Waals surface area contributed by atoms with Crippen molar-refractivity contribution in [2.45, 2.75) is 32.4 Å². The molecule has 3 rings (SSSR count). The first-order chi connectivity index (χ1) is 11.8. The number of hydrogen-bond donors (Lipinski definition) is 0. The summed E-state index contributed by atoms with van der Waals surface area (Å²) in [5, 5.41) is 16.3. The van der Waals surface area contributed by atoms with Crippen molar-refractivity contribution in [3.8, 4) is 11.4 Å². The normalized spacial score (nSPS) is 12.0. The molecule has 8 nitrogen and oxygen atoms in total. The van der Waals surface area contributed by atoms with Gasteiger partial charge in [-0.15, -0.1) is 0 Å². The highest BCUT2D eigenvalue weighted by molar-refractivity contribution is 6.76. The highest BCUT2D eigenvalue weighted by Crippen LogP contribution is 2.30. The quantitative estimate of drug-likeness (QED) is 0.274. The third-order valence-corrected chi connectivity index (χ3v) is 5.53. The van der Waals surface area contributed by atoms with Crippen molar-refractivity contribution in [1.82, 2.24) is 14.8 Å². The minimum absolute atomic E-state index is 0.0106. The van der Waals surface area contributed by atoms with Gasteiger partial charge in [0.1, 0.15) is 24.4 Å². The largest absolute Gasteiger partial charge is 0.451 e. The van der Waals surface area contributed by atoms with Gasteiger partial charge >= 0.3 is 0 Å². The predicted octanol–water partition coefficient (Wildman–Crippen LogP) is 3.91. The van der Waals surface area contributed by atoms with Crippen molar-refractivity contribution in [1.29, 1.82) is 0 Å². The molecule has 0 spiro atoms. The third-order valence-electron chi connectivity index (χ3n) is 3.83. The zero-order valence-corrected chi connectivity index (χ0v) is 15.4. The number of non-ortho nitro benzene ring substituents is 1. The van der Waals surface area contributed by atoms with Crippen molar-refractivity contribution >= 4 is 24.7 Å². The van der Waals surface area contributed by atoms with Crippen LogP contribution < -0.4 is 0 Å². The number of ether oxygens (including phenoxy) is 1. The van der Waals surface area contributed by atoms with E-state index in [-0.39, 0.29) is 12.4 Å². The molecule has 1 aromatic carbocycles. The van der Waals surface area contributed by atoms with Crippen molar-refractivity contribution in [3.05, 3.63) is 41.0 Å². The summed E-state index contributed by atoms with van der Waals surface area (Å²) < 4.78 is 12.5. The van der Waals surface area contributed by atoms with Gasteiger partial charge in [-0.3, -0.25) is 10.1 Å². The van der Waals surface area contributed by atoms with Crippen LogP contribution in [0.15, 0.2) is 35.3 Å². The van der Waals surface area contributed by atoms with E-state index in [1.807, 2.05) is 0 Å².